The minimum atomic E-state index is -0.0122. The molecule has 1 atom stereocenters. The first-order valence-electron chi connectivity index (χ1n) is 11.3. The summed E-state index contributed by atoms with van der Waals surface area (Å²) >= 11 is 0. The number of ether oxygens (including phenoxy) is 2. The normalized spacial score (nSPS) is 19.8. The number of aliphatic imine (C=N–C) groups is 1. The Morgan fingerprint density at radius 3 is 2.53 bits per heavy atom. The summed E-state index contributed by atoms with van der Waals surface area (Å²) in [5.41, 5.74) is 0. The van der Waals surface area contributed by atoms with E-state index in [1.165, 1.54) is 51.6 Å². The molecule has 1 saturated carbocycles. The van der Waals surface area contributed by atoms with Crippen LogP contribution in [0.5, 0.6) is 11.5 Å². The summed E-state index contributed by atoms with van der Waals surface area (Å²) in [5, 5.41) is 7.03. The van der Waals surface area contributed by atoms with Gasteiger partial charge in [0.15, 0.2) is 5.96 Å². The van der Waals surface area contributed by atoms with Gasteiger partial charge < -0.3 is 25.0 Å². The maximum Gasteiger partial charge on any atom is 0.191 e. The van der Waals surface area contributed by atoms with Gasteiger partial charge in [-0.1, -0.05) is 18.9 Å². The van der Waals surface area contributed by atoms with Crippen molar-refractivity contribution in [2.45, 2.75) is 70.6 Å². The summed E-state index contributed by atoms with van der Waals surface area (Å²) in [7, 11) is 1.67. The van der Waals surface area contributed by atoms with E-state index in [2.05, 4.69) is 22.5 Å². The molecule has 1 aliphatic heterocycles. The molecule has 2 aliphatic rings. The molecule has 2 fully saturated rings. The predicted molar refractivity (Wildman–Crippen MR) is 134 cm³/mol. The van der Waals surface area contributed by atoms with Crippen LogP contribution in [0.25, 0.3) is 0 Å². The van der Waals surface area contributed by atoms with E-state index in [-0.39, 0.29) is 30.1 Å². The van der Waals surface area contributed by atoms with Gasteiger partial charge in [0.1, 0.15) is 17.6 Å². The van der Waals surface area contributed by atoms with Crippen LogP contribution >= 0.6 is 24.0 Å². The van der Waals surface area contributed by atoms with E-state index in [1.54, 1.807) is 7.11 Å². The number of rotatable bonds is 8. The molecule has 7 heteroatoms. The molecule has 1 saturated heterocycles. The van der Waals surface area contributed by atoms with E-state index in [9.17, 15) is 0 Å². The Kier molecular flexibility index (Phi) is 11.1. The maximum absolute atomic E-state index is 6.00. The van der Waals surface area contributed by atoms with E-state index < -0.39 is 0 Å². The third-order valence-electron chi connectivity index (χ3n) is 5.94. The van der Waals surface area contributed by atoms with Gasteiger partial charge in [0.05, 0.1) is 13.7 Å². The molecule has 3 rings (SSSR count). The average molecular weight is 530 g/mol. The van der Waals surface area contributed by atoms with Crippen LogP contribution in [0.1, 0.15) is 52.4 Å². The largest absolute Gasteiger partial charge is 0.497 e. The van der Waals surface area contributed by atoms with Gasteiger partial charge in [-0.2, -0.15) is 0 Å². The van der Waals surface area contributed by atoms with Crippen molar-refractivity contribution < 1.29 is 9.47 Å². The van der Waals surface area contributed by atoms with E-state index in [1.807, 2.05) is 31.2 Å². The molecule has 0 bridgehead atoms. The molecule has 1 aromatic rings. The Hall–Kier alpha value is -1.22. The molecule has 1 aromatic carbocycles. The lowest BCUT2D eigenvalue weighted by molar-refractivity contribution is 0.150. The lowest BCUT2D eigenvalue weighted by Crippen LogP contribution is -2.50. The number of nitrogens with zero attached hydrogens (tertiary/aromatic N) is 2. The second-order valence-corrected chi connectivity index (χ2v) is 8.22. The van der Waals surface area contributed by atoms with E-state index in [0.29, 0.717) is 12.6 Å². The van der Waals surface area contributed by atoms with Crippen molar-refractivity contribution in [1.82, 2.24) is 15.5 Å². The minimum absolute atomic E-state index is 0. The van der Waals surface area contributed by atoms with Crippen LogP contribution in [0.3, 0.4) is 0 Å². The monoisotopic (exact) mass is 530 g/mol. The third kappa shape index (κ3) is 7.80. The minimum Gasteiger partial charge on any atom is -0.497 e. The van der Waals surface area contributed by atoms with Gasteiger partial charge in [-0.15, -0.1) is 24.0 Å². The van der Waals surface area contributed by atoms with Crippen molar-refractivity contribution in [1.29, 1.82) is 0 Å². The average Bonchev–Trinajstić information content (AvgIpc) is 3.28. The molecular formula is C23H39IN4O2. The molecule has 0 radical (unpaired) electrons. The summed E-state index contributed by atoms with van der Waals surface area (Å²) < 4.78 is 11.3. The Balaban J connectivity index is 0.00000320. The van der Waals surface area contributed by atoms with Crippen LogP contribution in [-0.2, 0) is 0 Å². The fraction of sp³-hybridized carbons (Fsp3) is 0.696. The number of nitrogens with one attached hydrogen (secondary N) is 2. The van der Waals surface area contributed by atoms with E-state index in [4.69, 9.17) is 14.5 Å². The van der Waals surface area contributed by atoms with Gasteiger partial charge in [-0.05, 0) is 51.7 Å². The molecule has 2 N–H and O–H groups in total. The number of hydrogen-bond donors (Lipinski definition) is 2. The molecule has 0 spiro atoms. The Morgan fingerprint density at radius 1 is 1.17 bits per heavy atom. The molecule has 0 aromatic heterocycles. The van der Waals surface area contributed by atoms with Gasteiger partial charge in [-0.25, -0.2) is 4.99 Å². The summed E-state index contributed by atoms with van der Waals surface area (Å²) in [6.07, 6.45) is 7.99. The Bertz CT molecular complexity index is 644. The van der Waals surface area contributed by atoms with E-state index >= 15 is 0 Å². The number of likely N-dealkylation sites (tertiary alicyclic amines) is 1. The number of methoxy groups -OCH3 is 1. The number of halogens is 1. The highest BCUT2D eigenvalue weighted by Crippen LogP contribution is 2.26. The summed E-state index contributed by atoms with van der Waals surface area (Å²) in [6.45, 7) is 8.03. The molecule has 1 unspecified atom stereocenters. The molecule has 30 heavy (non-hydrogen) atoms. The van der Waals surface area contributed by atoms with Crippen molar-refractivity contribution in [2.75, 3.05) is 33.3 Å². The topological polar surface area (TPSA) is 58.1 Å². The first-order chi connectivity index (χ1) is 14.2. The number of piperidine rings is 1. The van der Waals surface area contributed by atoms with Crippen LogP contribution in [-0.4, -0.2) is 62.3 Å². The standard InChI is InChI=1S/C23H38N4O2.HI/c1-4-24-23(25-17-18(2)29-22-11-7-10-21(16-22)28-3)26-19-12-14-27(15-13-19)20-8-5-6-9-20;/h7,10-11,16,18-20H,4-6,8-9,12-15,17H2,1-3H3,(H2,24,25,26);1H. The van der Waals surface area contributed by atoms with Gasteiger partial charge >= 0.3 is 0 Å². The highest BCUT2D eigenvalue weighted by atomic mass is 127. The number of benzene rings is 1. The molecular weight excluding hydrogens is 491 g/mol. The lowest BCUT2D eigenvalue weighted by atomic mass is 10.0. The zero-order chi connectivity index (χ0) is 20.5. The Morgan fingerprint density at radius 2 is 1.87 bits per heavy atom. The lowest BCUT2D eigenvalue weighted by Gasteiger charge is -2.36. The van der Waals surface area contributed by atoms with Gasteiger partial charge in [0.25, 0.3) is 0 Å². The molecule has 6 nitrogen and oxygen atoms in total. The van der Waals surface area contributed by atoms with Crippen LogP contribution in [0.2, 0.25) is 0 Å². The maximum atomic E-state index is 6.00. The first kappa shape index (κ1) is 25.0. The second kappa shape index (κ2) is 13.2. The zero-order valence-electron chi connectivity index (χ0n) is 18.7. The van der Waals surface area contributed by atoms with Gasteiger partial charge in [0, 0.05) is 37.8 Å². The summed E-state index contributed by atoms with van der Waals surface area (Å²) in [6, 6.07) is 9.05. The molecule has 170 valence electrons. The number of guanidine groups is 1. The zero-order valence-corrected chi connectivity index (χ0v) is 21.1. The Labute approximate surface area is 199 Å². The molecule has 0 amide bonds. The smallest absolute Gasteiger partial charge is 0.191 e. The van der Waals surface area contributed by atoms with Crippen molar-refractivity contribution in [3.63, 3.8) is 0 Å². The summed E-state index contributed by atoms with van der Waals surface area (Å²) in [5.74, 6) is 2.51. The van der Waals surface area contributed by atoms with Crippen LogP contribution in [0, 0.1) is 0 Å². The fourth-order valence-electron chi connectivity index (χ4n) is 4.36. The number of hydrogen-bond acceptors (Lipinski definition) is 4. The highest BCUT2D eigenvalue weighted by Gasteiger charge is 2.27. The third-order valence-corrected chi connectivity index (χ3v) is 5.94. The van der Waals surface area contributed by atoms with Crippen molar-refractivity contribution in [3.8, 4) is 11.5 Å². The van der Waals surface area contributed by atoms with Crippen molar-refractivity contribution in [3.05, 3.63) is 24.3 Å². The quantitative estimate of drug-likeness (QED) is 0.302. The van der Waals surface area contributed by atoms with Crippen LogP contribution < -0.4 is 20.1 Å². The second-order valence-electron chi connectivity index (χ2n) is 8.22. The van der Waals surface area contributed by atoms with Gasteiger partial charge in [-0.3, -0.25) is 0 Å². The summed E-state index contributed by atoms with van der Waals surface area (Å²) in [4.78, 5) is 7.47. The molecule has 1 heterocycles. The van der Waals surface area contributed by atoms with Gasteiger partial charge in [0.2, 0.25) is 0 Å². The van der Waals surface area contributed by atoms with Crippen LogP contribution in [0.4, 0.5) is 0 Å². The highest BCUT2D eigenvalue weighted by molar-refractivity contribution is 14.0. The van der Waals surface area contributed by atoms with Crippen LogP contribution in [0.15, 0.2) is 29.3 Å². The fourth-order valence-corrected chi connectivity index (χ4v) is 4.36. The van der Waals surface area contributed by atoms with Crippen molar-refractivity contribution in [2.24, 2.45) is 4.99 Å². The first-order valence-corrected chi connectivity index (χ1v) is 11.3. The van der Waals surface area contributed by atoms with Crippen molar-refractivity contribution >= 4 is 29.9 Å². The molecule has 1 aliphatic carbocycles. The SMILES string of the molecule is CCNC(=NCC(C)Oc1cccc(OC)c1)NC1CCN(C2CCCC2)CC1.I. The predicted octanol–water partition coefficient (Wildman–Crippen LogP) is 4.04. The van der Waals surface area contributed by atoms with E-state index in [0.717, 1.165) is 30.0 Å².